The van der Waals surface area contributed by atoms with E-state index in [2.05, 4.69) is 60.7 Å². The minimum atomic E-state index is -3.01. The Hall–Kier alpha value is -4.85. The van der Waals surface area contributed by atoms with Gasteiger partial charge in [-0.2, -0.15) is 0 Å². The molecule has 0 unspecified atom stereocenters. The van der Waals surface area contributed by atoms with E-state index in [-0.39, 0.29) is 0 Å². The predicted molar refractivity (Wildman–Crippen MR) is 166 cm³/mol. The Balaban J connectivity index is 1.22. The summed E-state index contributed by atoms with van der Waals surface area (Å²) in [5.74, 6) is 0. The Morgan fingerprint density at radius 3 is 1.57 bits per heavy atom. The fraction of sp³-hybridized carbons (Fsp3) is 0. The lowest BCUT2D eigenvalue weighted by molar-refractivity contribution is 0.592. The first-order chi connectivity index (χ1) is 19.7. The quantitative estimate of drug-likeness (QED) is 0.219. The molecule has 0 atom stereocenters. The van der Waals surface area contributed by atoms with Crippen molar-refractivity contribution in [2.75, 3.05) is 0 Å². The third kappa shape index (κ3) is 3.42. The molecular formula is C36H23N2OP. The molecule has 7 aromatic rings. The van der Waals surface area contributed by atoms with Crippen LogP contribution in [0.3, 0.4) is 0 Å². The van der Waals surface area contributed by atoms with Crippen LogP contribution in [0.15, 0.2) is 140 Å². The largest absolute Gasteiger partial charge is 0.309 e. The maximum absolute atomic E-state index is 14.7. The molecule has 40 heavy (non-hydrogen) atoms. The van der Waals surface area contributed by atoms with E-state index in [0.717, 1.165) is 60.6 Å². The molecule has 8 rings (SSSR count). The summed E-state index contributed by atoms with van der Waals surface area (Å²) in [6.45, 7) is 0. The molecule has 1 aliphatic rings. The molecule has 1 aromatic heterocycles. The van der Waals surface area contributed by atoms with E-state index in [1.54, 1.807) is 0 Å². The highest BCUT2D eigenvalue weighted by molar-refractivity contribution is 7.85. The summed E-state index contributed by atoms with van der Waals surface area (Å²) in [6, 6.07) is 46.7. The van der Waals surface area contributed by atoms with Crippen molar-refractivity contribution in [2.45, 2.75) is 0 Å². The molecule has 4 heteroatoms. The summed E-state index contributed by atoms with van der Waals surface area (Å²) in [4.78, 5) is 10.2. The van der Waals surface area contributed by atoms with E-state index in [9.17, 15) is 4.57 Å². The molecule has 6 aromatic carbocycles. The van der Waals surface area contributed by atoms with Gasteiger partial charge in [0.2, 0.25) is 0 Å². The van der Waals surface area contributed by atoms with Crippen molar-refractivity contribution in [3.8, 4) is 33.6 Å². The average Bonchev–Trinajstić information content (AvgIpc) is 3.34. The number of fused-ring (bicyclic) bond motifs is 4. The molecule has 0 bridgehead atoms. The van der Waals surface area contributed by atoms with Crippen molar-refractivity contribution in [3.63, 3.8) is 0 Å². The van der Waals surface area contributed by atoms with Crippen LogP contribution >= 0.6 is 7.14 Å². The Labute approximate surface area is 232 Å². The molecule has 3 nitrogen and oxygen atoms in total. The number of hydrogen-bond acceptors (Lipinski definition) is 3. The Morgan fingerprint density at radius 1 is 0.450 bits per heavy atom. The van der Waals surface area contributed by atoms with Crippen molar-refractivity contribution in [1.29, 1.82) is 0 Å². The van der Waals surface area contributed by atoms with Gasteiger partial charge in [0.05, 0.1) is 22.4 Å². The molecule has 0 saturated heterocycles. The number of benzene rings is 6. The van der Waals surface area contributed by atoms with E-state index in [4.69, 9.17) is 9.97 Å². The lowest BCUT2D eigenvalue weighted by Crippen LogP contribution is -2.24. The molecule has 1 heterocycles. The van der Waals surface area contributed by atoms with E-state index in [1.165, 1.54) is 10.8 Å². The Kier molecular flexibility index (Phi) is 5.10. The van der Waals surface area contributed by atoms with Gasteiger partial charge in [-0.3, -0.25) is 0 Å². The number of hydrogen-bond donors (Lipinski definition) is 0. The zero-order chi connectivity index (χ0) is 26.7. The molecule has 0 saturated carbocycles. The van der Waals surface area contributed by atoms with Crippen LogP contribution in [0.4, 0.5) is 0 Å². The minimum Gasteiger partial charge on any atom is -0.309 e. The van der Waals surface area contributed by atoms with Crippen LogP contribution in [0, 0.1) is 0 Å². The smallest absolute Gasteiger partial charge is 0.171 e. The van der Waals surface area contributed by atoms with Gasteiger partial charge in [-0.05, 0) is 28.6 Å². The zero-order valence-corrected chi connectivity index (χ0v) is 22.4. The fourth-order valence-electron chi connectivity index (χ4n) is 5.93. The highest BCUT2D eigenvalue weighted by Gasteiger charge is 2.29. The van der Waals surface area contributed by atoms with Crippen LogP contribution in [0.1, 0.15) is 0 Å². The summed E-state index contributed by atoms with van der Waals surface area (Å²) < 4.78 is 14.7. The molecule has 0 amide bonds. The molecule has 1 aliphatic carbocycles. The maximum Gasteiger partial charge on any atom is 0.171 e. The second kappa shape index (κ2) is 8.84. The Bertz CT molecular complexity index is 2070. The van der Waals surface area contributed by atoms with Gasteiger partial charge in [0.15, 0.2) is 7.14 Å². The molecule has 0 aliphatic heterocycles. The van der Waals surface area contributed by atoms with Crippen molar-refractivity contribution in [2.24, 2.45) is 0 Å². The fourth-order valence-corrected chi connectivity index (χ4v) is 8.58. The number of rotatable bonds is 4. The first-order valence-corrected chi connectivity index (χ1v) is 15.1. The lowest BCUT2D eigenvalue weighted by Gasteiger charge is -2.20. The van der Waals surface area contributed by atoms with Gasteiger partial charge in [0, 0.05) is 32.4 Å². The third-order valence-corrected chi connectivity index (χ3v) is 11.0. The highest BCUT2D eigenvalue weighted by Crippen LogP contribution is 2.46. The van der Waals surface area contributed by atoms with Gasteiger partial charge >= 0.3 is 0 Å². The van der Waals surface area contributed by atoms with E-state index >= 15 is 0 Å². The molecule has 0 radical (unpaired) electrons. The topological polar surface area (TPSA) is 42.9 Å². The molecule has 0 fully saturated rings. The van der Waals surface area contributed by atoms with Gasteiger partial charge < -0.3 is 4.57 Å². The van der Waals surface area contributed by atoms with Gasteiger partial charge in [-0.25, -0.2) is 9.97 Å². The zero-order valence-electron chi connectivity index (χ0n) is 21.5. The van der Waals surface area contributed by atoms with Crippen LogP contribution in [0.5, 0.6) is 0 Å². The summed E-state index contributed by atoms with van der Waals surface area (Å²) >= 11 is 0. The highest BCUT2D eigenvalue weighted by atomic mass is 31.2. The number of nitrogens with zero attached hydrogens (tertiary/aromatic N) is 2. The summed E-state index contributed by atoms with van der Waals surface area (Å²) in [5, 5.41) is 4.92. The van der Waals surface area contributed by atoms with Gasteiger partial charge in [0.1, 0.15) is 0 Å². The van der Waals surface area contributed by atoms with Crippen molar-refractivity contribution in [1.82, 2.24) is 9.97 Å². The summed E-state index contributed by atoms with van der Waals surface area (Å²) in [7, 11) is -3.01. The summed E-state index contributed by atoms with van der Waals surface area (Å²) in [5.41, 5.74) is 8.03. The van der Waals surface area contributed by atoms with Crippen LogP contribution in [0.25, 0.3) is 55.4 Å². The molecule has 0 spiro atoms. The van der Waals surface area contributed by atoms with Gasteiger partial charge in [0.25, 0.3) is 0 Å². The molecule has 188 valence electrons. The van der Waals surface area contributed by atoms with Crippen LogP contribution in [0.2, 0.25) is 0 Å². The minimum absolute atomic E-state index is 0.818. The molecular weight excluding hydrogens is 507 g/mol. The maximum atomic E-state index is 14.7. The third-order valence-electron chi connectivity index (χ3n) is 7.88. The van der Waals surface area contributed by atoms with E-state index in [0.29, 0.717) is 0 Å². The number of aromatic nitrogens is 2. The predicted octanol–water partition coefficient (Wildman–Crippen LogP) is 7.74. The van der Waals surface area contributed by atoms with Crippen molar-refractivity contribution in [3.05, 3.63) is 140 Å². The second-order valence-electron chi connectivity index (χ2n) is 10.2. The van der Waals surface area contributed by atoms with Crippen molar-refractivity contribution >= 4 is 44.9 Å². The van der Waals surface area contributed by atoms with Gasteiger partial charge in [-0.1, -0.05) is 127 Å². The van der Waals surface area contributed by atoms with Crippen molar-refractivity contribution < 1.29 is 4.57 Å². The Morgan fingerprint density at radius 2 is 0.975 bits per heavy atom. The first-order valence-electron chi connectivity index (χ1n) is 13.4. The average molecular weight is 531 g/mol. The standard InChI is InChI=1S/C36H23N2OP/c39-40(27-11-3-1-4-12-27,28-13-5-2-6-14-28)29-20-17-24(18-21-29)26-19-22-32-33(23-26)38-36-31-16-8-10-25-9-7-15-30(34(25)31)35(36)37-32/h1-23H. The monoisotopic (exact) mass is 530 g/mol. The second-order valence-corrected chi connectivity index (χ2v) is 12.9. The summed E-state index contributed by atoms with van der Waals surface area (Å²) in [6.07, 6.45) is 0. The van der Waals surface area contributed by atoms with Crippen LogP contribution in [-0.2, 0) is 4.57 Å². The molecule has 0 N–H and O–H groups in total. The van der Waals surface area contributed by atoms with Crippen LogP contribution < -0.4 is 15.9 Å². The first kappa shape index (κ1) is 23.1. The van der Waals surface area contributed by atoms with Crippen LogP contribution in [-0.4, -0.2) is 9.97 Å². The normalized spacial score (nSPS) is 12.1. The van der Waals surface area contributed by atoms with E-state index in [1.807, 2.05) is 78.9 Å². The SMILES string of the molecule is O=P(c1ccccc1)(c1ccccc1)c1ccc(-c2ccc3nc4c(nc3c2)-c2cccc3cccc-4c23)cc1. The van der Waals surface area contributed by atoms with E-state index < -0.39 is 7.14 Å². The van der Waals surface area contributed by atoms with Gasteiger partial charge in [-0.15, -0.1) is 0 Å². The lowest BCUT2D eigenvalue weighted by atomic mass is 10.0.